The molecule has 4 aromatic rings. The molecule has 0 bridgehead atoms. The number of fused-ring (bicyclic) bond motifs is 1. The number of alkyl halides is 4. The monoisotopic (exact) mass is 560 g/mol. The number of piperidine rings is 1. The van der Waals surface area contributed by atoms with Crippen molar-refractivity contribution in [2.75, 3.05) is 32.6 Å². The average molecular weight is 561 g/mol. The van der Waals surface area contributed by atoms with Crippen molar-refractivity contribution in [3.05, 3.63) is 60.0 Å². The van der Waals surface area contributed by atoms with E-state index < -0.39 is 30.8 Å². The normalized spacial score (nSPS) is 18.1. The lowest BCUT2D eigenvalue weighted by Crippen LogP contribution is -2.46. The summed E-state index contributed by atoms with van der Waals surface area (Å²) >= 11 is 0. The molecule has 0 spiro atoms. The van der Waals surface area contributed by atoms with Gasteiger partial charge in [-0.3, -0.25) is 4.79 Å². The maximum atomic E-state index is 14.7. The summed E-state index contributed by atoms with van der Waals surface area (Å²) in [5.74, 6) is 0.152. The SMILES string of the molecule is COc1ccc(C(=O)NCc2nc(-c3cc4c(N[C@@H]5CCN(C)C[C@@H]5F)cccc4n3CC(F)(F)F)no2)cc1. The van der Waals surface area contributed by atoms with Gasteiger partial charge < -0.3 is 29.4 Å². The van der Waals surface area contributed by atoms with Crippen molar-refractivity contribution in [1.29, 1.82) is 0 Å². The first-order valence-corrected chi connectivity index (χ1v) is 12.6. The molecule has 3 heterocycles. The highest BCUT2D eigenvalue weighted by Crippen LogP contribution is 2.35. The molecule has 0 radical (unpaired) electrons. The third kappa shape index (κ3) is 6.03. The number of carbonyl (C=O) groups is 1. The Morgan fingerprint density at radius 3 is 2.67 bits per heavy atom. The van der Waals surface area contributed by atoms with E-state index >= 15 is 0 Å². The fourth-order valence-electron chi connectivity index (χ4n) is 4.80. The van der Waals surface area contributed by atoms with Crippen LogP contribution in [0.2, 0.25) is 0 Å². The molecule has 9 nitrogen and oxygen atoms in total. The van der Waals surface area contributed by atoms with Crippen LogP contribution in [0.3, 0.4) is 0 Å². The standard InChI is InChI=1S/C27H28F4N6O3/c1-36-11-10-21(19(28)14-36)33-20-4-3-5-22-18(20)12-23(37(22)15-27(29,30)31)25-34-24(40-35-25)13-32-26(38)16-6-8-17(39-2)9-7-16/h3-9,12,19,21,33H,10-11,13-15H2,1-2H3,(H,32,38)/t19-,21+/m0/s1. The molecule has 2 aromatic heterocycles. The van der Waals surface area contributed by atoms with Crippen molar-refractivity contribution in [2.45, 2.75) is 37.9 Å². The van der Waals surface area contributed by atoms with Crippen molar-refractivity contribution in [2.24, 2.45) is 0 Å². The summed E-state index contributed by atoms with van der Waals surface area (Å²) in [7, 11) is 3.36. The molecule has 0 unspecified atom stereocenters. The number of anilines is 1. The van der Waals surface area contributed by atoms with Gasteiger partial charge in [0, 0.05) is 29.7 Å². The van der Waals surface area contributed by atoms with Gasteiger partial charge >= 0.3 is 6.18 Å². The highest BCUT2D eigenvalue weighted by Gasteiger charge is 2.32. The Labute approximate surface area is 227 Å². The molecule has 2 N–H and O–H groups in total. The summed E-state index contributed by atoms with van der Waals surface area (Å²) in [4.78, 5) is 18.6. The first kappa shape index (κ1) is 27.4. The third-order valence-electron chi connectivity index (χ3n) is 6.82. The number of amides is 1. The van der Waals surface area contributed by atoms with E-state index in [1.807, 2.05) is 11.9 Å². The van der Waals surface area contributed by atoms with E-state index in [0.717, 1.165) is 4.57 Å². The minimum Gasteiger partial charge on any atom is -0.497 e. The van der Waals surface area contributed by atoms with Gasteiger partial charge in [-0.15, -0.1) is 0 Å². The molecule has 212 valence electrons. The molecule has 0 aliphatic carbocycles. The Hall–Kier alpha value is -4.13. The maximum absolute atomic E-state index is 14.7. The van der Waals surface area contributed by atoms with Crippen LogP contribution in [-0.2, 0) is 13.1 Å². The Kier molecular flexibility index (Phi) is 7.66. The highest BCUT2D eigenvalue weighted by atomic mass is 19.4. The Morgan fingerprint density at radius 1 is 1.20 bits per heavy atom. The van der Waals surface area contributed by atoms with Crippen LogP contribution in [0.25, 0.3) is 22.4 Å². The Balaban J connectivity index is 1.40. The molecule has 2 aromatic carbocycles. The number of nitrogens with zero attached hydrogens (tertiary/aromatic N) is 4. The number of hydrogen-bond acceptors (Lipinski definition) is 7. The van der Waals surface area contributed by atoms with Crippen LogP contribution in [0.1, 0.15) is 22.7 Å². The lowest BCUT2D eigenvalue weighted by atomic mass is 10.0. The van der Waals surface area contributed by atoms with Crippen LogP contribution in [-0.4, -0.2) is 71.2 Å². The van der Waals surface area contributed by atoms with Gasteiger partial charge in [-0.2, -0.15) is 18.2 Å². The topological polar surface area (TPSA) is 97.4 Å². The summed E-state index contributed by atoms with van der Waals surface area (Å²) in [5.41, 5.74) is 1.27. The zero-order chi connectivity index (χ0) is 28.4. The van der Waals surface area contributed by atoms with E-state index in [9.17, 15) is 22.4 Å². The predicted octanol–water partition coefficient (Wildman–Crippen LogP) is 4.65. The van der Waals surface area contributed by atoms with Gasteiger partial charge in [0.2, 0.25) is 11.7 Å². The number of rotatable bonds is 8. The van der Waals surface area contributed by atoms with Crippen LogP contribution in [0.15, 0.2) is 53.1 Å². The molecule has 5 rings (SSSR count). The van der Waals surface area contributed by atoms with E-state index in [1.54, 1.807) is 42.5 Å². The van der Waals surface area contributed by atoms with Gasteiger partial charge in [-0.25, -0.2) is 4.39 Å². The largest absolute Gasteiger partial charge is 0.497 e. The van der Waals surface area contributed by atoms with Crippen molar-refractivity contribution in [3.63, 3.8) is 0 Å². The molecule has 13 heteroatoms. The molecular weight excluding hydrogens is 532 g/mol. The lowest BCUT2D eigenvalue weighted by molar-refractivity contribution is -0.139. The second kappa shape index (κ2) is 11.2. The number of aromatic nitrogens is 3. The molecule has 0 saturated carbocycles. The van der Waals surface area contributed by atoms with E-state index in [-0.39, 0.29) is 30.5 Å². The number of carbonyl (C=O) groups excluding carboxylic acids is 1. The van der Waals surface area contributed by atoms with E-state index in [1.165, 1.54) is 13.2 Å². The summed E-state index contributed by atoms with van der Waals surface area (Å²) in [6.07, 6.45) is -5.10. The molecule has 40 heavy (non-hydrogen) atoms. The average Bonchev–Trinajstić information content (AvgIpc) is 3.53. The minimum atomic E-state index is -4.53. The maximum Gasteiger partial charge on any atom is 0.406 e. The number of nitrogens with one attached hydrogen (secondary N) is 2. The smallest absolute Gasteiger partial charge is 0.406 e. The van der Waals surface area contributed by atoms with Gasteiger partial charge in [0.1, 0.15) is 18.5 Å². The minimum absolute atomic E-state index is 0.0191. The summed E-state index contributed by atoms with van der Waals surface area (Å²) in [6, 6.07) is 12.4. The van der Waals surface area contributed by atoms with Crippen LogP contribution < -0.4 is 15.4 Å². The number of halogens is 4. The number of likely N-dealkylation sites (tertiary alicyclic amines) is 1. The fourth-order valence-corrected chi connectivity index (χ4v) is 4.80. The highest BCUT2D eigenvalue weighted by molar-refractivity contribution is 5.96. The first-order chi connectivity index (χ1) is 19.1. The Bertz CT molecular complexity index is 1480. The van der Waals surface area contributed by atoms with Gasteiger partial charge in [-0.1, -0.05) is 11.2 Å². The number of hydrogen-bond donors (Lipinski definition) is 2. The number of ether oxygens (including phenoxy) is 1. The summed E-state index contributed by atoms with van der Waals surface area (Å²) in [5, 5.41) is 10.2. The zero-order valence-electron chi connectivity index (χ0n) is 21.8. The van der Waals surface area contributed by atoms with Crippen LogP contribution >= 0.6 is 0 Å². The van der Waals surface area contributed by atoms with Crippen molar-refractivity contribution >= 4 is 22.5 Å². The van der Waals surface area contributed by atoms with Crippen LogP contribution in [0, 0.1) is 0 Å². The lowest BCUT2D eigenvalue weighted by Gasteiger charge is -2.33. The van der Waals surface area contributed by atoms with E-state index in [0.29, 0.717) is 40.9 Å². The molecular formula is C27H28F4N6O3. The van der Waals surface area contributed by atoms with Crippen molar-refractivity contribution in [3.8, 4) is 17.3 Å². The molecule has 1 saturated heterocycles. The zero-order valence-corrected chi connectivity index (χ0v) is 21.8. The van der Waals surface area contributed by atoms with Crippen LogP contribution in [0.5, 0.6) is 5.75 Å². The summed E-state index contributed by atoms with van der Waals surface area (Å²) in [6.45, 7) is -0.435. The number of benzene rings is 2. The molecule has 1 aliphatic heterocycles. The molecule has 2 atom stereocenters. The van der Waals surface area contributed by atoms with Crippen molar-refractivity contribution in [1.82, 2.24) is 24.9 Å². The van der Waals surface area contributed by atoms with Gasteiger partial charge in [0.05, 0.1) is 30.9 Å². The fraction of sp³-hybridized carbons (Fsp3) is 0.370. The molecule has 1 amide bonds. The van der Waals surface area contributed by atoms with Gasteiger partial charge in [0.25, 0.3) is 5.91 Å². The van der Waals surface area contributed by atoms with Crippen LogP contribution in [0.4, 0.5) is 23.2 Å². The Morgan fingerprint density at radius 2 is 1.98 bits per heavy atom. The van der Waals surface area contributed by atoms with E-state index in [4.69, 9.17) is 9.26 Å². The quantitative estimate of drug-likeness (QED) is 0.303. The van der Waals surface area contributed by atoms with E-state index in [2.05, 4.69) is 20.8 Å². The van der Waals surface area contributed by atoms with Gasteiger partial charge in [-0.05, 0) is 55.9 Å². The number of methoxy groups -OCH3 is 1. The second-order valence-electron chi connectivity index (χ2n) is 9.71. The summed E-state index contributed by atoms with van der Waals surface area (Å²) < 4.78 is 66.9. The van der Waals surface area contributed by atoms with Gasteiger partial charge in [0.15, 0.2) is 0 Å². The molecule has 1 fully saturated rings. The first-order valence-electron chi connectivity index (χ1n) is 12.6. The predicted molar refractivity (Wildman–Crippen MR) is 140 cm³/mol. The second-order valence-corrected chi connectivity index (χ2v) is 9.71. The third-order valence-corrected chi connectivity index (χ3v) is 6.82. The van der Waals surface area contributed by atoms with Crippen molar-refractivity contribution < 1.29 is 31.6 Å². The molecule has 1 aliphatic rings.